The van der Waals surface area contributed by atoms with Gasteiger partial charge in [0, 0.05) is 12.1 Å². The molecule has 0 aliphatic heterocycles. The Hall–Kier alpha value is -0.520. The van der Waals surface area contributed by atoms with Crippen molar-refractivity contribution in [3.8, 4) is 12.3 Å². The van der Waals surface area contributed by atoms with Gasteiger partial charge in [0.1, 0.15) is 0 Å². The van der Waals surface area contributed by atoms with Crippen LogP contribution in [0.15, 0.2) is 0 Å². The molecule has 0 aromatic carbocycles. The molecule has 1 atom stereocenters. The molecule has 1 rings (SSSR count). The van der Waals surface area contributed by atoms with Crippen molar-refractivity contribution >= 4 is 0 Å². The summed E-state index contributed by atoms with van der Waals surface area (Å²) in [4.78, 5) is 2.34. The minimum atomic E-state index is 0.270. The Morgan fingerprint density at radius 1 is 1.36 bits per heavy atom. The van der Waals surface area contributed by atoms with Crippen LogP contribution in [0, 0.1) is 12.3 Å². The van der Waals surface area contributed by atoms with Gasteiger partial charge in [-0.3, -0.25) is 4.90 Å². The van der Waals surface area contributed by atoms with Gasteiger partial charge in [0.25, 0.3) is 0 Å². The highest BCUT2D eigenvalue weighted by Gasteiger charge is 2.24. The SMILES string of the molecule is C#CC(C)N(C)C1CCC(NC)CC1. The number of hydrogen-bond acceptors (Lipinski definition) is 2. The molecule has 0 aromatic heterocycles. The minimum absolute atomic E-state index is 0.270. The third-order valence-corrected chi connectivity index (χ3v) is 3.53. The van der Waals surface area contributed by atoms with Crippen LogP contribution in [0.5, 0.6) is 0 Å². The van der Waals surface area contributed by atoms with E-state index in [0.29, 0.717) is 6.04 Å². The summed E-state index contributed by atoms with van der Waals surface area (Å²) >= 11 is 0. The molecule has 0 bridgehead atoms. The first kappa shape index (κ1) is 11.6. The number of hydrogen-bond donors (Lipinski definition) is 1. The topological polar surface area (TPSA) is 15.3 Å². The van der Waals surface area contributed by atoms with E-state index in [4.69, 9.17) is 6.42 Å². The summed E-state index contributed by atoms with van der Waals surface area (Å²) < 4.78 is 0. The third-order valence-electron chi connectivity index (χ3n) is 3.53. The van der Waals surface area contributed by atoms with Crippen LogP contribution in [-0.2, 0) is 0 Å². The van der Waals surface area contributed by atoms with Crippen LogP contribution in [0.2, 0.25) is 0 Å². The second-order valence-electron chi connectivity index (χ2n) is 4.30. The fourth-order valence-electron chi connectivity index (χ4n) is 2.21. The Bertz CT molecular complexity index is 199. The zero-order chi connectivity index (χ0) is 10.6. The van der Waals surface area contributed by atoms with E-state index in [1.54, 1.807) is 0 Å². The monoisotopic (exact) mass is 194 g/mol. The molecule has 1 N–H and O–H groups in total. The van der Waals surface area contributed by atoms with Crippen LogP contribution in [0.3, 0.4) is 0 Å². The van der Waals surface area contributed by atoms with Gasteiger partial charge in [-0.1, -0.05) is 5.92 Å². The van der Waals surface area contributed by atoms with Crippen molar-refractivity contribution < 1.29 is 0 Å². The summed E-state index contributed by atoms with van der Waals surface area (Å²) in [5.41, 5.74) is 0. The summed E-state index contributed by atoms with van der Waals surface area (Å²) in [6.07, 6.45) is 10.5. The van der Waals surface area contributed by atoms with E-state index in [2.05, 4.69) is 37.2 Å². The van der Waals surface area contributed by atoms with E-state index >= 15 is 0 Å². The normalized spacial score (nSPS) is 29.9. The maximum atomic E-state index is 5.43. The molecule has 2 nitrogen and oxygen atoms in total. The molecule has 0 aromatic rings. The molecule has 1 aliphatic rings. The molecule has 0 saturated heterocycles. The number of nitrogens with zero attached hydrogens (tertiary/aromatic N) is 1. The van der Waals surface area contributed by atoms with Crippen LogP contribution >= 0.6 is 0 Å². The van der Waals surface area contributed by atoms with Gasteiger partial charge in [-0.25, -0.2) is 0 Å². The molecule has 1 unspecified atom stereocenters. The van der Waals surface area contributed by atoms with Crippen molar-refractivity contribution in [3.63, 3.8) is 0 Å². The molecule has 0 heterocycles. The van der Waals surface area contributed by atoms with Gasteiger partial charge < -0.3 is 5.32 Å². The number of nitrogens with one attached hydrogen (secondary N) is 1. The molecule has 0 amide bonds. The van der Waals surface area contributed by atoms with Crippen LogP contribution < -0.4 is 5.32 Å². The van der Waals surface area contributed by atoms with Crippen LogP contribution in [-0.4, -0.2) is 37.1 Å². The molecular weight excluding hydrogens is 172 g/mol. The molecule has 80 valence electrons. The Balaban J connectivity index is 2.38. The minimum Gasteiger partial charge on any atom is -0.317 e. The Morgan fingerprint density at radius 3 is 2.36 bits per heavy atom. The van der Waals surface area contributed by atoms with Gasteiger partial charge >= 0.3 is 0 Å². The highest BCUT2D eigenvalue weighted by molar-refractivity contribution is 4.98. The van der Waals surface area contributed by atoms with E-state index in [-0.39, 0.29) is 6.04 Å². The van der Waals surface area contributed by atoms with Crippen LogP contribution in [0.25, 0.3) is 0 Å². The summed E-state index contributed by atoms with van der Waals surface area (Å²) in [6, 6.07) is 1.68. The lowest BCUT2D eigenvalue weighted by molar-refractivity contribution is 0.160. The molecule has 1 saturated carbocycles. The van der Waals surface area contributed by atoms with Gasteiger partial charge in [0.05, 0.1) is 6.04 Å². The highest BCUT2D eigenvalue weighted by Crippen LogP contribution is 2.23. The lowest BCUT2D eigenvalue weighted by Crippen LogP contribution is -2.43. The second kappa shape index (κ2) is 5.38. The lowest BCUT2D eigenvalue weighted by Gasteiger charge is -2.36. The van der Waals surface area contributed by atoms with Gasteiger partial charge in [-0.15, -0.1) is 6.42 Å². The zero-order valence-corrected chi connectivity index (χ0v) is 9.59. The fraction of sp³-hybridized carbons (Fsp3) is 0.833. The number of terminal acetylenes is 1. The van der Waals surface area contributed by atoms with Crippen molar-refractivity contribution in [3.05, 3.63) is 0 Å². The van der Waals surface area contributed by atoms with Crippen molar-refractivity contribution in [1.29, 1.82) is 0 Å². The Morgan fingerprint density at radius 2 is 1.93 bits per heavy atom. The Kier molecular flexibility index (Phi) is 4.44. The van der Waals surface area contributed by atoms with Gasteiger partial charge in [0.15, 0.2) is 0 Å². The molecule has 0 spiro atoms. The van der Waals surface area contributed by atoms with E-state index < -0.39 is 0 Å². The van der Waals surface area contributed by atoms with E-state index in [1.165, 1.54) is 25.7 Å². The largest absolute Gasteiger partial charge is 0.317 e. The standard InChI is InChI=1S/C12H22N2/c1-5-10(2)14(4)12-8-6-11(13-3)7-9-12/h1,10-13H,6-9H2,2-4H3. The van der Waals surface area contributed by atoms with Crippen molar-refractivity contribution in [2.24, 2.45) is 0 Å². The maximum absolute atomic E-state index is 5.43. The molecule has 1 aliphatic carbocycles. The van der Waals surface area contributed by atoms with Crippen molar-refractivity contribution in [1.82, 2.24) is 10.2 Å². The molecule has 2 heteroatoms. The molecule has 1 fully saturated rings. The third kappa shape index (κ3) is 2.73. The molecule has 0 radical (unpaired) electrons. The van der Waals surface area contributed by atoms with Crippen LogP contribution in [0.4, 0.5) is 0 Å². The predicted molar refractivity (Wildman–Crippen MR) is 61.2 cm³/mol. The smallest absolute Gasteiger partial charge is 0.0683 e. The van der Waals surface area contributed by atoms with E-state index in [0.717, 1.165) is 6.04 Å². The van der Waals surface area contributed by atoms with Gasteiger partial charge in [-0.05, 0) is 46.7 Å². The lowest BCUT2D eigenvalue weighted by atomic mass is 9.90. The maximum Gasteiger partial charge on any atom is 0.0683 e. The molecular formula is C12H22N2. The molecule has 14 heavy (non-hydrogen) atoms. The van der Waals surface area contributed by atoms with Gasteiger partial charge in [0.2, 0.25) is 0 Å². The van der Waals surface area contributed by atoms with E-state index in [9.17, 15) is 0 Å². The number of rotatable bonds is 3. The van der Waals surface area contributed by atoms with Gasteiger partial charge in [-0.2, -0.15) is 0 Å². The second-order valence-corrected chi connectivity index (χ2v) is 4.30. The van der Waals surface area contributed by atoms with Crippen molar-refractivity contribution in [2.75, 3.05) is 14.1 Å². The summed E-state index contributed by atoms with van der Waals surface area (Å²) in [6.45, 7) is 2.10. The summed E-state index contributed by atoms with van der Waals surface area (Å²) in [5.74, 6) is 2.80. The first-order chi connectivity index (χ1) is 6.69. The Labute approximate surface area is 88.1 Å². The van der Waals surface area contributed by atoms with Crippen LogP contribution in [0.1, 0.15) is 32.6 Å². The zero-order valence-electron chi connectivity index (χ0n) is 9.59. The van der Waals surface area contributed by atoms with Crippen molar-refractivity contribution in [2.45, 2.75) is 50.7 Å². The first-order valence-electron chi connectivity index (χ1n) is 5.54. The summed E-state index contributed by atoms with van der Waals surface area (Å²) in [5, 5.41) is 3.35. The fourth-order valence-corrected chi connectivity index (χ4v) is 2.21. The average molecular weight is 194 g/mol. The average Bonchev–Trinajstić information content (AvgIpc) is 2.27. The first-order valence-corrected chi connectivity index (χ1v) is 5.54. The summed E-state index contributed by atoms with van der Waals surface area (Å²) in [7, 11) is 4.20. The highest BCUT2D eigenvalue weighted by atomic mass is 15.2. The van der Waals surface area contributed by atoms with E-state index in [1.807, 2.05) is 0 Å². The predicted octanol–water partition coefficient (Wildman–Crippen LogP) is 1.47. The quantitative estimate of drug-likeness (QED) is 0.684.